The molecule has 0 radical (unpaired) electrons. The second kappa shape index (κ2) is 5.02. The summed E-state index contributed by atoms with van der Waals surface area (Å²) in [6.07, 6.45) is 10.5. The summed E-state index contributed by atoms with van der Waals surface area (Å²) in [5, 5.41) is 3.77. The van der Waals surface area contributed by atoms with Crippen molar-refractivity contribution in [2.24, 2.45) is 7.05 Å². The minimum atomic E-state index is 0.444. The number of piperazine rings is 1. The Kier molecular flexibility index (Phi) is 3.39. The molecule has 2 aliphatic rings. The van der Waals surface area contributed by atoms with Gasteiger partial charge in [-0.05, 0) is 12.8 Å². The summed E-state index contributed by atoms with van der Waals surface area (Å²) in [6, 6.07) is 0. The van der Waals surface area contributed by atoms with E-state index in [4.69, 9.17) is 0 Å². The molecule has 4 nitrogen and oxygen atoms in total. The van der Waals surface area contributed by atoms with E-state index in [1.165, 1.54) is 44.6 Å². The van der Waals surface area contributed by atoms with E-state index in [-0.39, 0.29) is 0 Å². The van der Waals surface area contributed by atoms with Crippen molar-refractivity contribution < 1.29 is 0 Å². The molecule has 3 rings (SSSR count). The average Bonchev–Trinajstić information content (AvgIpc) is 2.97. The number of nitrogens with one attached hydrogen (secondary N) is 1. The minimum absolute atomic E-state index is 0.444. The maximum absolute atomic E-state index is 4.41. The van der Waals surface area contributed by atoms with Crippen molar-refractivity contribution in [3.63, 3.8) is 0 Å². The van der Waals surface area contributed by atoms with Crippen LogP contribution in [-0.4, -0.2) is 46.2 Å². The monoisotopic (exact) mass is 248 g/mol. The first kappa shape index (κ1) is 12.2. The molecule has 1 N–H and O–H groups in total. The SMILES string of the molecule is Cn1ccnc1CCN1CCNC2(CCCC2)C1. The van der Waals surface area contributed by atoms with Crippen LogP contribution in [0.4, 0.5) is 0 Å². The second-order valence-corrected chi connectivity index (χ2v) is 5.89. The van der Waals surface area contributed by atoms with E-state index >= 15 is 0 Å². The van der Waals surface area contributed by atoms with E-state index in [0.717, 1.165) is 19.5 Å². The highest BCUT2D eigenvalue weighted by Gasteiger charge is 2.37. The quantitative estimate of drug-likeness (QED) is 0.872. The van der Waals surface area contributed by atoms with Crippen molar-refractivity contribution in [3.8, 4) is 0 Å². The molecule has 0 atom stereocenters. The normalized spacial score (nSPS) is 23.8. The first-order valence-corrected chi connectivity index (χ1v) is 7.21. The lowest BCUT2D eigenvalue weighted by atomic mass is 9.94. The van der Waals surface area contributed by atoms with Gasteiger partial charge in [0.15, 0.2) is 0 Å². The molecule has 2 heterocycles. The third kappa shape index (κ3) is 2.45. The average molecular weight is 248 g/mol. The Hall–Kier alpha value is -0.870. The Labute approximate surface area is 109 Å². The number of aryl methyl sites for hydroxylation is 1. The van der Waals surface area contributed by atoms with Crippen LogP contribution in [-0.2, 0) is 13.5 Å². The zero-order valence-electron chi connectivity index (χ0n) is 11.4. The van der Waals surface area contributed by atoms with Crippen LogP contribution in [0.3, 0.4) is 0 Å². The van der Waals surface area contributed by atoms with Crippen LogP contribution >= 0.6 is 0 Å². The highest BCUT2D eigenvalue weighted by atomic mass is 15.2. The lowest BCUT2D eigenvalue weighted by Gasteiger charge is -2.41. The molecule has 1 spiro atoms. The van der Waals surface area contributed by atoms with Crippen molar-refractivity contribution in [1.29, 1.82) is 0 Å². The molecule has 1 saturated carbocycles. The van der Waals surface area contributed by atoms with Crippen LogP contribution in [0.25, 0.3) is 0 Å². The minimum Gasteiger partial charge on any atom is -0.338 e. The molecular weight excluding hydrogens is 224 g/mol. The first-order chi connectivity index (χ1) is 8.77. The van der Waals surface area contributed by atoms with Crippen molar-refractivity contribution in [3.05, 3.63) is 18.2 Å². The maximum atomic E-state index is 4.41. The molecule has 2 fully saturated rings. The predicted molar refractivity (Wildman–Crippen MR) is 72.6 cm³/mol. The number of imidazole rings is 1. The molecule has 1 aliphatic carbocycles. The Bertz CT molecular complexity index is 392. The lowest BCUT2D eigenvalue weighted by molar-refractivity contribution is 0.135. The van der Waals surface area contributed by atoms with Gasteiger partial charge in [-0.15, -0.1) is 0 Å². The zero-order chi connectivity index (χ0) is 12.4. The van der Waals surface area contributed by atoms with E-state index in [9.17, 15) is 0 Å². The highest BCUT2D eigenvalue weighted by Crippen LogP contribution is 2.31. The second-order valence-electron chi connectivity index (χ2n) is 5.89. The standard InChI is InChI=1S/C14H24N4/c1-17-10-7-15-13(17)4-9-18-11-8-16-14(12-18)5-2-3-6-14/h7,10,16H,2-6,8-9,11-12H2,1H3. The molecule has 1 aromatic rings. The summed E-state index contributed by atoms with van der Waals surface area (Å²) in [7, 11) is 2.08. The third-order valence-electron chi connectivity index (χ3n) is 4.59. The fourth-order valence-corrected chi connectivity index (χ4v) is 3.52. The molecule has 1 aromatic heterocycles. The van der Waals surface area contributed by atoms with Crippen LogP contribution in [0.15, 0.2) is 12.4 Å². The van der Waals surface area contributed by atoms with Gasteiger partial charge in [-0.25, -0.2) is 4.98 Å². The van der Waals surface area contributed by atoms with Gasteiger partial charge >= 0.3 is 0 Å². The molecule has 1 aliphatic heterocycles. The Morgan fingerprint density at radius 1 is 1.39 bits per heavy atom. The van der Waals surface area contributed by atoms with Gasteiger partial charge in [0.2, 0.25) is 0 Å². The molecule has 0 aromatic carbocycles. The highest BCUT2D eigenvalue weighted by molar-refractivity contribution is 4.99. The van der Waals surface area contributed by atoms with E-state index < -0.39 is 0 Å². The van der Waals surface area contributed by atoms with Crippen molar-refractivity contribution in [1.82, 2.24) is 19.8 Å². The molecule has 0 unspecified atom stereocenters. The Morgan fingerprint density at radius 3 is 2.94 bits per heavy atom. The third-order valence-corrected chi connectivity index (χ3v) is 4.59. The molecular formula is C14H24N4. The fourth-order valence-electron chi connectivity index (χ4n) is 3.52. The van der Waals surface area contributed by atoms with Gasteiger partial charge in [0.05, 0.1) is 0 Å². The Balaban J connectivity index is 1.55. The van der Waals surface area contributed by atoms with E-state index in [1.54, 1.807) is 0 Å². The molecule has 0 amide bonds. The van der Waals surface area contributed by atoms with Gasteiger partial charge in [0.1, 0.15) is 5.82 Å². The summed E-state index contributed by atoms with van der Waals surface area (Å²) in [6.45, 7) is 4.72. The van der Waals surface area contributed by atoms with Gasteiger partial charge in [0.25, 0.3) is 0 Å². The summed E-state index contributed by atoms with van der Waals surface area (Å²) < 4.78 is 2.13. The van der Waals surface area contributed by atoms with Crippen molar-refractivity contribution in [2.45, 2.75) is 37.6 Å². The van der Waals surface area contributed by atoms with Gasteiger partial charge < -0.3 is 9.88 Å². The van der Waals surface area contributed by atoms with Crippen LogP contribution < -0.4 is 5.32 Å². The number of hydrogen-bond acceptors (Lipinski definition) is 3. The van der Waals surface area contributed by atoms with E-state index in [1.807, 2.05) is 12.4 Å². The van der Waals surface area contributed by atoms with Crippen molar-refractivity contribution >= 4 is 0 Å². The number of hydrogen-bond donors (Lipinski definition) is 1. The number of nitrogens with zero attached hydrogens (tertiary/aromatic N) is 3. The zero-order valence-corrected chi connectivity index (χ0v) is 11.4. The predicted octanol–water partition coefficient (Wildman–Crippen LogP) is 1.18. The number of rotatable bonds is 3. The summed E-state index contributed by atoms with van der Waals surface area (Å²) in [4.78, 5) is 7.03. The van der Waals surface area contributed by atoms with Gasteiger partial charge in [-0.3, -0.25) is 4.90 Å². The lowest BCUT2D eigenvalue weighted by Crippen LogP contribution is -2.59. The maximum Gasteiger partial charge on any atom is 0.109 e. The number of aromatic nitrogens is 2. The molecule has 4 heteroatoms. The van der Waals surface area contributed by atoms with Crippen LogP contribution in [0.1, 0.15) is 31.5 Å². The van der Waals surface area contributed by atoms with Crippen LogP contribution in [0.5, 0.6) is 0 Å². The van der Waals surface area contributed by atoms with Gasteiger partial charge in [0, 0.05) is 57.6 Å². The summed E-state index contributed by atoms with van der Waals surface area (Å²) in [5.41, 5.74) is 0.444. The molecule has 1 saturated heterocycles. The Morgan fingerprint density at radius 2 is 2.22 bits per heavy atom. The van der Waals surface area contributed by atoms with Gasteiger partial charge in [-0.2, -0.15) is 0 Å². The van der Waals surface area contributed by atoms with E-state index in [0.29, 0.717) is 5.54 Å². The smallest absolute Gasteiger partial charge is 0.109 e. The molecule has 100 valence electrons. The molecule has 0 bridgehead atoms. The first-order valence-electron chi connectivity index (χ1n) is 7.21. The topological polar surface area (TPSA) is 33.1 Å². The summed E-state index contributed by atoms with van der Waals surface area (Å²) in [5.74, 6) is 1.20. The largest absolute Gasteiger partial charge is 0.338 e. The van der Waals surface area contributed by atoms with Crippen molar-refractivity contribution in [2.75, 3.05) is 26.2 Å². The molecule has 18 heavy (non-hydrogen) atoms. The van der Waals surface area contributed by atoms with Crippen LogP contribution in [0, 0.1) is 0 Å². The summed E-state index contributed by atoms with van der Waals surface area (Å²) >= 11 is 0. The van der Waals surface area contributed by atoms with E-state index in [2.05, 4.69) is 26.8 Å². The van der Waals surface area contributed by atoms with Crippen LogP contribution in [0.2, 0.25) is 0 Å². The van der Waals surface area contributed by atoms with Gasteiger partial charge in [-0.1, -0.05) is 12.8 Å². The fraction of sp³-hybridized carbons (Fsp3) is 0.786.